The van der Waals surface area contributed by atoms with Crippen LogP contribution in [0, 0.1) is 0 Å². The van der Waals surface area contributed by atoms with Crippen molar-refractivity contribution < 1.29 is 27.5 Å². The van der Waals surface area contributed by atoms with E-state index in [1.165, 1.54) is 42.5 Å². The van der Waals surface area contributed by atoms with Crippen LogP contribution in [0.25, 0.3) is 0 Å². The molecule has 0 bridgehead atoms. The quantitative estimate of drug-likeness (QED) is 0.329. The molecular weight excluding hydrogens is 381 g/mol. The highest BCUT2D eigenvalue weighted by molar-refractivity contribution is 6.18. The van der Waals surface area contributed by atoms with Gasteiger partial charge in [0.2, 0.25) is 5.41 Å². The number of ether oxygens (including phenoxy) is 1. The van der Waals surface area contributed by atoms with E-state index in [1.807, 2.05) is 0 Å². The Morgan fingerprint density at radius 3 is 1.72 bits per heavy atom. The highest BCUT2D eigenvalue weighted by Gasteiger charge is 2.67. The summed E-state index contributed by atoms with van der Waals surface area (Å²) in [7, 11) is 0. The first-order valence-corrected chi connectivity index (χ1v) is 8.80. The Hall–Kier alpha value is -3.41. The van der Waals surface area contributed by atoms with E-state index in [2.05, 4.69) is 0 Å². The van der Waals surface area contributed by atoms with Gasteiger partial charge in [-0.15, -0.1) is 0 Å². The summed E-state index contributed by atoms with van der Waals surface area (Å²) < 4.78 is 48.4. The molecule has 0 amide bonds. The van der Waals surface area contributed by atoms with Gasteiger partial charge < -0.3 is 4.74 Å². The van der Waals surface area contributed by atoms with Crippen LogP contribution in [0.3, 0.4) is 0 Å². The second-order valence-electron chi connectivity index (χ2n) is 6.37. The molecule has 3 rings (SSSR count). The maximum absolute atomic E-state index is 14.5. The van der Waals surface area contributed by atoms with Gasteiger partial charge in [0, 0.05) is 5.56 Å². The van der Waals surface area contributed by atoms with E-state index in [0.717, 1.165) is 12.1 Å². The average molecular weight is 398 g/mol. The maximum atomic E-state index is 14.5. The number of hydrogen-bond acceptors (Lipinski definition) is 3. The predicted molar refractivity (Wildman–Crippen MR) is 101 cm³/mol. The molecular formula is C23H17F3O3. The molecule has 0 aliphatic heterocycles. The normalized spacial score (nSPS) is 13.3. The second-order valence-corrected chi connectivity index (χ2v) is 6.37. The van der Waals surface area contributed by atoms with Crippen LogP contribution in [-0.2, 0) is 21.6 Å². The number of rotatable bonds is 6. The van der Waals surface area contributed by atoms with E-state index < -0.39 is 28.9 Å². The molecule has 3 aromatic carbocycles. The first-order valence-electron chi connectivity index (χ1n) is 8.80. The second kappa shape index (κ2) is 8.31. The van der Waals surface area contributed by atoms with Gasteiger partial charge in [-0.1, -0.05) is 91.0 Å². The van der Waals surface area contributed by atoms with Crippen LogP contribution in [0.5, 0.6) is 0 Å². The van der Waals surface area contributed by atoms with Gasteiger partial charge >= 0.3 is 12.1 Å². The van der Waals surface area contributed by atoms with E-state index in [4.69, 9.17) is 4.74 Å². The van der Waals surface area contributed by atoms with E-state index in [9.17, 15) is 22.8 Å². The highest BCUT2D eigenvalue weighted by Crippen LogP contribution is 2.45. The Labute approximate surface area is 165 Å². The molecule has 29 heavy (non-hydrogen) atoms. The fourth-order valence-electron chi connectivity index (χ4n) is 3.08. The Balaban J connectivity index is 2.11. The summed E-state index contributed by atoms with van der Waals surface area (Å²) in [5, 5.41) is 0. The Kier molecular flexibility index (Phi) is 5.82. The Bertz CT molecular complexity index is 971. The third-order valence-corrected chi connectivity index (χ3v) is 4.53. The molecule has 1 atom stereocenters. The van der Waals surface area contributed by atoms with Gasteiger partial charge in [-0.2, -0.15) is 13.2 Å². The largest absolute Gasteiger partial charge is 0.460 e. The standard InChI is InChI=1S/C23H17F3O3/c24-23(25,26)22(19-14-8-3-9-15-19,20(27)18-12-6-2-7-13-18)21(28)29-16-17-10-4-1-5-11-17/h1-15H,16H2. The van der Waals surface area contributed by atoms with Gasteiger partial charge in [-0.3, -0.25) is 9.59 Å². The molecule has 1 unspecified atom stereocenters. The number of carbonyl (C=O) groups excluding carboxylic acids is 2. The number of alkyl halides is 3. The molecule has 0 aromatic heterocycles. The van der Waals surface area contributed by atoms with Gasteiger partial charge in [0.15, 0.2) is 5.78 Å². The minimum absolute atomic E-state index is 0.231. The first-order chi connectivity index (χ1) is 13.9. The molecule has 0 saturated heterocycles. The maximum Gasteiger partial charge on any atom is 0.416 e. The van der Waals surface area contributed by atoms with Crippen molar-refractivity contribution in [2.45, 2.75) is 18.2 Å². The zero-order valence-electron chi connectivity index (χ0n) is 15.2. The molecule has 3 nitrogen and oxygen atoms in total. The minimum Gasteiger partial charge on any atom is -0.460 e. The SMILES string of the molecule is O=C(OCc1ccccc1)C(C(=O)c1ccccc1)(c1ccccc1)C(F)(F)F. The van der Waals surface area contributed by atoms with Crippen LogP contribution in [0.2, 0.25) is 0 Å². The number of Topliss-reactive ketones (excluding diaryl/α,β-unsaturated/α-hetero) is 1. The van der Waals surface area contributed by atoms with Crippen molar-refractivity contribution in [1.29, 1.82) is 0 Å². The first kappa shape index (κ1) is 20.3. The molecule has 0 spiro atoms. The third kappa shape index (κ3) is 3.92. The van der Waals surface area contributed by atoms with E-state index in [1.54, 1.807) is 36.4 Å². The van der Waals surface area contributed by atoms with Crippen molar-refractivity contribution >= 4 is 11.8 Å². The lowest BCUT2D eigenvalue weighted by Gasteiger charge is -2.32. The van der Waals surface area contributed by atoms with Crippen molar-refractivity contribution in [3.63, 3.8) is 0 Å². The minimum atomic E-state index is -5.21. The van der Waals surface area contributed by atoms with Crippen LogP contribution in [0.4, 0.5) is 13.2 Å². The molecule has 3 aromatic rings. The van der Waals surface area contributed by atoms with Gasteiger partial charge in [0.25, 0.3) is 0 Å². The lowest BCUT2D eigenvalue weighted by Crippen LogP contribution is -2.56. The summed E-state index contributed by atoms with van der Waals surface area (Å²) in [4.78, 5) is 26.1. The molecule has 0 aliphatic rings. The molecule has 148 valence electrons. The van der Waals surface area contributed by atoms with E-state index >= 15 is 0 Å². The molecule has 0 radical (unpaired) electrons. The van der Waals surface area contributed by atoms with Gasteiger partial charge in [0.1, 0.15) is 6.61 Å². The number of benzene rings is 3. The molecule has 0 saturated carbocycles. The van der Waals surface area contributed by atoms with Crippen LogP contribution in [-0.4, -0.2) is 17.9 Å². The molecule has 0 heterocycles. The number of ketones is 1. The van der Waals surface area contributed by atoms with Crippen molar-refractivity contribution in [2.75, 3.05) is 0 Å². The number of esters is 1. The zero-order valence-corrected chi connectivity index (χ0v) is 15.2. The van der Waals surface area contributed by atoms with Crippen molar-refractivity contribution in [3.05, 3.63) is 108 Å². The van der Waals surface area contributed by atoms with Crippen molar-refractivity contribution in [1.82, 2.24) is 0 Å². The molecule has 0 aliphatic carbocycles. The topological polar surface area (TPSA) is 43.4 Å². The summed E-state index contributed by atoms with van der Waals surface area (Å²) in [6, 6.07) is 21.7. The lowest BCUT2D eigenvalue weighted by atomic mass is 9.73. The van der Waals surface area contributed by atoms with Crippen LogP contribution >= 0.6 is 0 Å². The van der Waals surface area contributed by atoms with Crippen LogP contribution in [0.15, 0.2) is 91.0 Å². The number of carbonyl (C=O) groups is 2. The Morgan fingerprint density at radius 2 is 1.21 bits per heavy atom. The molecule has 0 fully saturated rings. The fourth-order valence-corrected chi connectivity index (χ4v) is 3.08. The summed E-state index contributed by atoms with van der Waals surface area (Å²) in [5.74, 6) is -3.04. The molecule has 6 heteroatoms. The summed E-state index contributed by atoms with van der Waals surface area (Å²) in [5.41, 5.74) is -3.67. The fraction of sp³-hybridized carbons (Fsp3) is 0.130. The highest BCUT2D eigenvalue weighted by atomic mass is 19.4. The summed E-state index contributed by atoms with van der Waals surface area (Å²) in [6.07, 6.45) is -5.21. The smallest absolute Gasteiger partial charge is 0.416 e. The number of hydrogen-bond donors (Lipinski definition) is 0. The third-order valence-electron chi connectivity index (χ3n) is 4.53. The van der Waals surface area contributed by atoms with Crippen LogP contribution < -0.4 is 0 Å². The van der Waals surface area contributed by atoms with Crippen molar-refractivity contribution in [3.8, 4) is 0 Å². The lowest BCUT2D eigenvalue weighted by molar-refractivity contribution is -0.198. The Morgan fingerprint density at radius 1 is 0.724 bits per heavy atom. The number of halogens is 3. The van der Waals surface area contributed by atoms with Gasteiger partial charge in [-0.25, -0.2) is 0 Å². The van der Waals surface area contributed by atoms with Gasteiger partial charge in [-0.05, 0) is 11.1 Å². The van der Waals surface area contributed by atoms with E-state index in [0.29, 0.717) is 5.56 Å². The predicted octanol–water partition coefficient (Wildman–Crippen LogP) is 5.11. The van der Waals surface area contributed by atoms with Gasteiger partial charge in [0.05, 0.1) is 0 Å². The van der Waals surface area contributed by atoms with Crippen molar-refractivity contribution in [2.24, 2.45) is 0 Å². The zero-order chi connectivity index (χ0) is 20.9. The van der Waals surface area contributed by atoms with E-state index in [-0.39, 0.29) is 12.2 Å². The summed E-state index contributed by atoms with van der Waals surface area (Å²) >= 11 is 0. The summed E-state index contributed by atoms with van der Waals surface area (Å²) in [6.45, 7) is -0.383. The molecule has 0 N–H and O–H groups in total. The monoisotopic (exact) mass is 398 g/mol. The van der Waals surface area contributed by atoms with Crippen LogP contribution in [0.1, 0.15) is 21.5 Å². The average Bonchev–Trinajstić information content (AvgIpc) is 2.74.